The first kappa shape index (κ1) is 16.7. The lowest BCUT2D eigenvalue weighted by atomic mass is 9.90. The number of nitrogens with zero attached hydrogens (tertiary/aromatic N) is 1. The number of hydrogen-bond donors (Lipinski definition) is 1. The monoisotopic (exact) mass is 338 g/mol. The second-order valence-electron chi connectivity index (χ2n) is 6.32. The van der Waals surface area contributed by atoms with Crippen LogP contribution >= 0.6 is 11.6 Å². The van der Waals surface area contributed by atoms with Crippen LogP contribution in [-0.2, 0) is 20.7 Å². The predicted molar refractivity (Wildman–Crippen MR) is 88.7 cm³/mol. The Morgan fingerprint density at radius 1 is 1.17 bits per heavy atom. The largest absolute Gasteiger partial charge is 0.379 e. The Balaban J connectivity index is 1.60. The molecule has 1 atom stereocenters. The van der Waals surface area contributed by atoms with E-state index in [0.29, 0.717) is 33.0 Å². The van der Waals surface area contributed by atoms with Crippen LogP contribution in [0.4, 0.5) is 0 Å². The van der Waals surface area contributed by atoms with Crippen molar-refractivity contribution in [3.05, 3.63) is 34.9 Å². The van der Waals surface area contributed by atoms with E-state index in [1.807, 2.05) is 24.3 Å². The number of rotatable bonds is 5. The minimum atomic E-state index is -0.308. The van der Waals surface area contributed by atoms with E-state index in [1.165, 1.54) is 0 Å². The molecule has 0 aliphatic carbocycles. The van der Waals surface area contributed by atoms with Gasteiger partial charge in [-0.15, -0.1) is 0 Å². The highest BCUT2D eigenvalue weighted by Gasteiger charge is 2.36. The molecule has 2 fully saturated rings. The van der Waals surface area contributed by atoms with Gasteiger partial charge in [0.15, 0.2) is 0 Å². The van der Waals surface area contributed by atoms with Crippen molar-refractivity contribution in [2.45, 2.75) is 18.4 Å². The standard InChI is InChI=1S/C17H23ClN2O3/c18-15-3-1-14(2-4-15)11-17(5-8-23-13-17)19-16(21)12-20-6-9-22-10-7-20/h1-4H,5-13H2,(H,19,21). The Bertz CT molecular complexity index is 523. The number of morpholine rings is 1. The van der Waals surface area contributed by atoms with Crippen LogP contribution in [0.1, 0.15) is 12.0 Å². The highest BCUT2D eigenvalue weighted by molar-refractivity contribution is 6.30. The first-order valence-corrected chi connectivity index (χ1v) is 8.46. The van der Waals surface area contributed by atoms with E-state index < -0.39 is 0 Å². The van der Waals surface area contributed by atoms with Gasteiger partial charge >= 0.3 is 0 Å². The molecule has 5 nitrogen and oxygen atoms in total. The molecule has 23 heavy (non-hydrogen) atoms. The third-order valence-electron chi connectivity index (χ3n) is 4.43. The predicted octanol–water partition coefficient (Wildman–Crippen LogP) is 1.49. The van der Waals surface area contributed by atoms with Gasteiger partial charge in [-0.05, 0) is 30.5 Å². The van der Waals surface area contributed by atoms with E-state index in [9.17, 15) is 4.79 Å². The molecule has 2 aliphatic heterocycles. The number of ether oxygens (including phenoxy) is 2. The summed E-state index contributed by atoms with van der Waals surface area (Å²) in [4.78, 5) is 14.6. The molecule has 6 heteroatoms. The number of halogens is 1. The van der Waals surface area contributed by atoms with Crippen molar-refractivity contribution in [1.29, 1.82) is 0 Å². The van der Waals surface area contributed by atoms with E-state index in [0.717, 1.165) is 36.5 Å². The molecule has 0 aromatic heterocycles. The maximum atomic E-state index is 12.4. The van der Waals surface area contributed by atoms with E-state index in [1.54, 1.807) is 0 Å². The van der Waals surface area contributed by atoms with Crippen molar-refractivity contribution in [3.8, 4) is 0 Å². The number of benzene rings is 1. The van der Waals surface area contributed by atoms with Crippen LogP contribution in [-0.4, -0.2) is 62.4 Å². The molecule has 3 rings (SSSR count). The van der Waals surface area contributed by atoms with Crippen molar-refractivity contribution in [2.75, 3.05) is 46.1 Å². The summed E-state index contributed by atoms with van der Waals surface area (Å²) >= 11 is 5.95. The maximum Gasteiger partial charge on any atom is 0.234 e. The van der Waals surface area contributed by atoms with E-state index in [2.05, 4.69) is 10.2 Å². The Morgan fingerprint density at radius 2 is 1.91 bits per heavy atom. The average molecular weight is 339 g/mol. The van der Waals surface area contributed by atoms with Crippen molar-refractivity contribution in [2.24, 2.45) is 0 Å². The summed E-state index contributed by atoms with van der Waals surface area (Å²) in [6.07, 6.45) is 1.60. The van der Waals surface area contributed by atoms with Crippen LogP contribution in [0.2, 0.25) is 5.02 Å². The summed E-state index contributed by atoms with van der Waals surface area (Å²) in [7, 11) is 0. The summed E-state index contributed by atoms with van der Waals surface area (Å²) in [6, 6.07) is 7.79. The molecule has 1 N–H and O–H groups in total. The molecule has 1 amide bonds. The second-order valence-corrected chi connectivity index (χ2v) is 6.76. The van der Waals surface area contributed by atoms with Gasteiger partial charge in [0.1, 0.15) is 0 Å². The first-order chi connectivity index (χ1) is 11.2. The highest BCUT2D eigenvalue weighted by atomic mass is 35.5. The SMILES string of the molecule is O=C(CN1CCOCC1)NC1(Cc2ccc(Cl)cc2)CCOC1. The summed E-state index contributed by atoms with van der Waals surface area (Å²) in [5.41, 5.74) is 0.851. The number of carbonyl (C=O) groups is 1. The average Bonchev–Trinajstić information content (AvgIpc) is 2.98. The Morgan fingerprint density at radius 3 is 2.57 bits per heavy atom. The Hall–Kier alpha value is -1.14. The Kier molecular flexibility index (Phi) is 5.54. The molecule has 0 radical (unpaired) electrons. The number of carbonyl (C=O) groups excluding carboxylic acids is 1. The second kappa shape index (κ2) is 7.62. The van der Waals surface area contributed by atoms with Gasteiger partial charge in [-0.1, -0.05) is 23.7 Å². The van der Waals surface area contributed by atoms with Crippen molar-refractivity contribution < 1.29 is 14.3 Å². The van der Waals surface area contributed by atoms with Gasteiger partial charge in [-0.3, -0.25) is 9.69 Å². The van der Waals surface area contributed by atoms with E-state index in [4.69, 9.17) is 21.1 Å². The zero-order valence-corrected chi connectivity index (χ0v) is 14.0. The van der Waals surface area contributed by atoms with Crippen LogP contribution in [0.3, 0.4) is 0 Å². The van der Waals surface area contributed by atoms with Gasteiger partial charge in [0.2, 0.25) is 5.91 Å². The molecule has 1 aromatic rings. The quantitative estimate of drug-likeness (QED) is 0.883. The van der Waals surface area contributed by atoms with Crippen LogP contribution < -0.4 is 5.32 Å². The molecule has 2 heterocycles. The lowest BCUT2D eigenvalue weighted by Crippen LogP contribution is -2.54. The normalized spacial score (nSPS) is 25.4. The minimum absolute atomic E-state index is 0.0614. The van der Waals surface area contributed by atoms with E-state index in [-0.39, 0.29) is 11.4 Å². The van der Waals surface area contributed by atoms with Gasteiger partial charge < -0.3 is 14.8 Å². The van der Waals surface area contributed by atoms with E-state index >= 15 is 0 Å². The number of nitrogens with one attached hydrogen (secondary N) is 1. The number of hydrogen-bond acceptors (Lipinski definition) is 4. The smallest absolute Gasteiger partial charge is 0.234 e. The van der Waals surface area contributed by atoms with Crippen LogP contribution in [0.5, 0.6) is 0 Å². The fraction of sp³-hybridized carbons (Fsp3) is 0.588. The first-order valence-electron chi connectivity index (χ1n) is 8.09. The van der Waals surface area contributed by atoms with Crippen molar-refractivity contribution >= 4 is 17.5 Å². The van der Waals surface area contributed by atoms with Gasteiger partial charge in [-0.2, -0.15) is 0 Å². The van der Waals surface area contributed by atoms with Crippen LogP contribution in [0, 0.1) is 0 Å². The third-order valence-corrected chi connectivity index (χ3v) is 4.69. The fourth-order valence-electron chi connectivity index (χ4n) is 3.18. The van der Waals surface area contributed by atoms with Crippen LogP contribution in [0.25, 0.3) is 0 Å². The molecule has 0 saturated carbocycles. The number of amides is 1. The Labute approximate surface area is 141 Å². The van der Waals surface area contributed by atoms with Crippen molar-refractivity contribution in [3.63, 3.8) is 0 Å². The van der Waals surface area contributed by atoms with Gasteiger partial charge in [0.25, 0.3) is 0 Å². The topological polar surface area (TPSA) is 50.8 Å². The fourth-order valence-corrected chi connectivity index (χ4v) is 3.31. The molecular weight excluding hydrogens is 316 g/mol. The highest BCUT2D eigenvalue weighted by Crippen LogP contribution is 2.24. The van der Waals surface area contributed by atoms with Gasteiger partial charge in [0, 0.05) is 24.7 Å². The lowest BCUT2D eigenvalue weighted by molar-refractivity contribution is -0.125. The zero-order valence-electron chi connectivity index (χ0n) is 13.2. The third kappa shape index (κ3) is 4.67. The summed E-state index contributed by atoms with van der Waals surface area (Å²) in [5.74, 6) is 0.0614. The molecule has 126 valence electrons. The molecule has 2 aliphatic rings. The molecule has 0 bridgehead atoms. The maximum absolute atomic E-state index is 12.4. The van der Waals surface area contributed by atoms with Crippen molar-refractivity contribution in [1.82, 2.24) is 10.2 Å². The summed E-state index contributed by atoms with van der Waals surface area (Å²) in [6.45, 7) is 4.70. The molecule has 1 aromatic carbocycles. The molecular formula is C17H23ClN2O3. The minimum Gasteiger partial charge on any atom is -0.379 e. The van der Waals surface area contributed by atoms with Crippen LogP contribution in [0.15, 0.2) is 24.3 Å². The summed E-state index contributed by atoms with van der Waals surface area (Å²) < 4.78 is 10.9. The lowest BCUT2D eigenvalue weighted by Gasteiger charge is -2.31. The van der Waals surface area contributed by atoms with Gasteiger partial charge in [0.05, 0.1) is 31.9 Å². The molecule has 1 unspecified atom stereocenters. The summed E-state index contributed by atoms with van der Waals surface area (Å²) in [5, 5.41) is 3.95. The molecule has 2 saturated heterocycles. The zero-order chi connectivity index (χ0) is 16.1. The van der Waals surface area contributed by atoms with Gasteiger partial charge in [-0.25, -0.2) is 0 Å². The molecule has 0 spiro atoms.